The highest BCUT2D eigenvalue weighted by Crippen LogP contribution is 2.19. The number of aryl methyl sites for hydroxylation is 1. The van der Waals surface area contributed by atoms with E-state index in [0.29, 0.717) is 10.7 Å². The van der Waals surface area contributed by atoms with Gasteiger partial charge in [0.1, 0.15) is 5.15 Å². The number of aliphatic hydroxyl groups excluding tert-OH is 1. The molecule has 4 nitrogen and oxygen atoms in total. The number of aliphatic hydroxyl groups is 1. The molecule has 104 valence electrons. The Morgan fingerprint density at radius 2 is 2.21 bits per heavy atom. The number of carbonyl (C=O) groups excluding carboxylic acids is 1. The SMILES string of the molecule is CCc1cc(C(=O)N[C@H]2CCCC[C@@H]2O)cc(Cl)n1. The van der Waals surface area contributed by atoms with E-state index in [2.05, 4.69) is 10.3 Å². The van der Waals surface area contributed by atoms with Crippen molar-refractivity contribution in [2.75, 3.05) is 0 Å². The minimum Gasteiger partial charge on any atom is -0.391 e. The summed E-state index contributed by atoms with van der Waals surface area (Å²) in [6, 6.07) is 3.15. The Bertz CT molecular complexity index is 465. The second-order valence-corrected chi connectivity index (χ2v) is 5.34. The van der Waals surface area contributed by atoms with Gasteiger partial charge in [0.25, 0.3) is 5.91 Å². The number of rotatable bonds is 3. The molecule has 0 spiro atoms. The van der Waals surface area contributed by atoms with Gasteiger partial charge < -0.3 is 10.4 Å². The van der Waals surface area contributed by atoms with Gasteiger partial charge in [0.15, 0.2) is 0 Å². The quantitative estimate of drug-likeness (QED) is 0.837. The molecule has 1 heterocycles. The van der Waals surface area contributed by atoms with Gasteiger partial charge >= 0.3 is 0 Å². The van der Waals surface area contributed by atoms with Gasteiger partial charge in [-0.3, -0.25) is 4.79 Å². The third kappa shape index (κ3) is 3.67. The fourth-order valence-electron chi connectivity index (χ4n) is 2.39. The smallest absolute Gasteiger partial charge is 0.251 e. The van der Waals surface area contributed by atoms with Crippen LogP contribution in [-0.2, 0) is 6.42 Å². The number of nitrogens with zero attached hydrogens (tertiary/aromatic N) is 1. The normalized spacial score (nSPS) is 23.1. The molecular formula is C14H19ClN2O2. The maximum Gasteiger partial charge on any atom is 0.251 e. The van der Waals surface area contributed by atoms with E-state index in [1.54, 1.807) is 12.1 Å². The predicted octanol–water partition coefficient (Wildman–Crippen LogP) is 2.33. The first-order valence-corrected chi connectivity index (χ1v) is 7.13. The average Bonchev–Trinajstić information content (AvgIpc) is 2.40. The van der Waals surface area contributed by atoms with Gasteiger partial charge in [-0.1, -0.05) is 31.4 Å². The van der Waals surface area contributed by atoms with Gasteiger partial charge in [-0.05, 0) is 31.4 Å². The van der Waals surface area contributed by atoms with E-state index >= 15 is 0 Å². The number of aromatic nitrogens is 1. The van der Waals surface area contributed by atoms with E-state index in [-0.39, 0.29) is 11.9 Å². The first kappa shape index (κ1) is 14.3. The van der Waals surface area contributed by atoms with Crippen molar-refractivity contribution in [2.24, 2.45) is 0 Å². The van der Waals surface area contributed by atoms with Crippen LogP contribution in [0.5, 0.6) is 0 Å². The van der Waals surface area contributed by atoms with Crippen LogP contribution in [0.3, 0.4) is 0 Å². The van der Waals surface area contributed by atoms with E-state index in [4.69, 9.17) is 11.6 Å². The van der Waals surface area contributed by atoms with Crippen molar-refractivity contribution in [2.45, 2.75) is 51.2 Å². The van der Waals surface area contributed by atoms with Gasteiger partial charge in [0.2, 0.25) is 0 Å². The zero-order valence-corrected chi connectivity index (χ0v) is 11.8. The molecular weight excluding hydrogens is 264 g/mol. The zero-order valence-electron chi connectivity index (χ0n) is 11.0. The van der Waals surface area contributed by atoms with Crippen molar-refractivity contribution in [1.82, 2.24) is 10.3 Å². The third-order valence-electron chi connectivity index (χ3n) is 3.52. The van der Waals surface area contributed by atoms with Crippen LogP contribution in [0.4, 0.5) is 0 Å². The van der Waals surface area contributed by atoms with Crippen LogP contribution >= 0.6 is 11.6 Å². The molecule has 2 rings (SSSR count). The topological polar surface area (TPSA) is 62.2 Å². The molecule has 19 heavy (non-hydrogen) atoms. The summed E-state index contributed by atoms with van der Waals surface area (Å²) in [7, 11) is 0. The molecule has 0 aliphatic heterocycles. The monoisotopic (exact) mass is 282 g/mol. The van der Waals surface area contributed by atoms with Crippen molar-refractivity contribution >= 4 is 17.5 Å². The predicted molar refractivity (Wildman–Crippen MR) is 74.4 cm³/mol. The molecule has 0 bridgehead atoms. The van der Waals surface area contributed by atoms with Gasteiger partial charge in [-0.25, -0.2) is 4.98 Å². The molecule has 1 saturated carbocycles. The van der Waals surface area contributed by atoms with Crippen LogP contribution in [0.2, 0.25) is 5.15 Å². The third-order valence-corrected chi connectivity index (χ3v) is 3.71. The Balaban J connectivity index is 2.08. The van der Waals surface area contributed by atoms with E-state index in [1.165, 1.54) is 0 Å². The lowest BCUT2D eigenvalue weighted by atomic mass is 9.92. The minimum atomic E-state index is -0.444. The molecule has 1 aliphatic carbocycles. The molecule has 1 aromatic rings. The summed E-state index contributed by atoms with van der Waals surface area (Å²) < 4.78 is 0. The van der Waals surface area contributed by atoms with Crippen LogP contribution in [0.25, 0.3) is 0 Å². The Morgan fingerprint density at radius 3 is 2.89 bits per heavy atom. The molecule has 0 saturated heterocycles. The summed E-state index contributed by atoms with van der Waals surface area (Å²) in [5.41, 5.74) is 1.30. The lowest BCUT2D eigenvalue weighted by Crippen LogP contribution is -2.45. The fourth-order valence-corrected chi connectivity index (χ4v) is 2.62. The summed E-state index contributed by atoms with van der Waals surface area (Å²) in [5, 5.41) is 13.1. The van der Waals surface area contributed by atoms with Crippen LogP contribution in [0, 0.1) is 0 Å². The molecule has 0 aromatic carbocycles. The molecule has 2 N–H and O–H groups in total. The minimum absolute atomic E-state index is 0.154. The largest absolute Gasteiger partial charge is 0.391 e. The molecule has 1 aliphatic rings. The summed E-state index contributed by atoms with van der Waals surface area (Å²) in [6.45, 7) is 1.96. The number of amides is 1. The van der Waals surface area contributed by atoms with Crippen LogP contribution in [0.15, 0.2) is 12.1 Å². The van der Waals surface area contributed by atoms with E-state index in [0.717, 1.165) is 37.8 Å². The maximum atomic E-state index is 12.2. The highest BCUT2D eigenvalue weighted by Gasteiger charge is 2.25. The number of carbonyl (C=O) groups is 1. The number of nitrogens with one attached hydrogen (secondary N) is 1. The van der Waals surface area contributed by atoms with E-state index in [1.807, 2.05) is 6.92 Å². The summed E-state index contributed by atoms with van der Waals surface area (Å²) >= 11 is 5.90. The second kappa shape index (κ2) is 6.35. The summed E-state index contributed by atoms with van der Waals surface area (Å²) in [5.74, 6) is -0.190. The second-order valence-electron chi connectivity index (χ2n) is 4.96. The molecule has 2 atom stereocenters. The molecule has 1 aromatic heterocycles. The van der Waals surface area contributed by atoms with Crippen LogP contribution in [0.1, 0.15) is 48.7 Å². The summed E-state index contributed by atoms with van der Waals surface area (Å²) in [4.78, 5) is 16.3. The number of hydrogen-bond donors (Lipinski definition) is 2. The van der Waals surface area contributed by atoms with Gasteiger partial charge in [-0.2, -0.15) is 0 Å². The Kier molecular flexibility index (Phi) is 4.77. The molecule has 5 heteroatoms. The van der Waals surface area contributed by atoms with Gasteiger partial charge in [0.05, 0.1) is 12.1 Å². The standard InChI is InChI=1S/C14H19ClN2O2/c1-2-10-7-9(8-13(15)16-10)14(19)17-11-5-3-4-6-12(11)18/h7-8,11-12,18H,2-6H2,1H3,(H,17,19)/t11-,12-/m0/s1. The van der Waals surface area contributed by atoms with Crippen molar-refractivity contribution in [3.05, 3.63) is 28.5 Å². The van der Waals surface area contributed by atoms with Crippen molar-refractivity contribution in [3.8, 4) is 0 Å². The Hall–Kier alpha value is -1.13. The molecule has 1 amide bonds. The lowest BCUT2D eigenvalue weighted by Gasteiger charge is -2.28. The zero-order chi connectivity index (χ0) is 13.8. The number of hydrogen-bond acceptors (Lipinski definition) is 3. The Labute approximate surface area is 118 Å². The number of halogens is 1. The first-order chi connectivity index (χ1) is 9.10. The van der Waals surface area contributed by atoms with Gasteiger partial charge in [-0.15, -0.1) is 0 Å². The van der Waals surface area contributed by atoms with E-state index in [9.17, 15) is 9.90 Å². The molecule has 1 fully saturated rings. The van der Waals surface area contributed by atoms with E-state index < -0.39 is 6.10 Å². The summed E-state index contributed by atoms with van der Waals surface area (Å²) in [6.07, 6.45) is 3.93. The molecule has 0 radical (unpaired) electrons. The van der Waals surface area contributed by atoms with Crippen molar-refractivity contribution in [3.63, 3.8) is 0 Å². The van der Waals surface area contributed by atoms with Crippen LogP contribution in [-0.4, -0.2) is 28.1 Å². The lowest BCUT2D eigenvalue weighted by molar-refractivity contribution is 0.0717. The van der Waals surface area contributed by atoms with Gasteiger partial charge in [0, 0.05) is 11.3 Å². The Morgan fingerprint density at radius 1 is 1.47 bits per heavy atom. The highest BCUT2D eigenvalue weighted by molar-refractivity contribution is 6.29. The average molecular weight is 283 g/mol. The highest BCUT2D eigenvalue weighted by atomic mass is 35.5. The molecule has 0 unspecified atom stereocenters. The maximum absolute atomic E-state index is 12.2. The van der Waals surface area contributed by atoms with Crippen LogP contribution < -0.4 is 5.32 Å². The van der Waals surface area contributed by atoms with Crippen molar-refractivity contribution in [1.29, 1.82) is 0 Å². The number of pyridine rings is 1. The fraction of sp³-hybridized carbons (Fsp3) is 0.571. The van der Waals surface area contributed by atoms with Crippen molar-refractivity contribution < 1.29 is 9.90 Å². The first-order valence-electron chi connectivity index (χ1n) is 6.75.